The summed E-state index contributed by atoms with van der Waals surface area (Å²) in [7, 11) is 0. The minimum atomic E-state index is 0.0948. The molecule has 1 aliphatic heterocycles. The van der Waals surface area contributed by atoms with E-state index in [4.69, 9.17) is 0 Å². The van der Waals surface area contributed by atoms with E-state index in [9.17, 15) is 4.79 Å². The predicted octanol–water partition coefficient (Wildman–Crippen LogP) is 1.39. The van der Waals surface area contributed by atoms with Gasteiger partial charge in [-0.15, -0.1) is 0 Å². The third-order valence-corrected chi connectivity index (χ3v) is 3.69. The third kappa shape index (κ3) is 2.21. The Morgan fingerprint density at radius 1 is 1.42 bits per heavy atom. The van der Waals surface area contributed by atoms with Gasteiger partial charge in [0.15, 0.2) is 0 Å². The lowest BCUT2D eigenvalue weighted by Crippen LogP contribution is -2.56. The highest BCUT2D eigenvalue weighted by Crippen LogP contribution is 2.16. The predicted molar refractivity (Wildman–Crippen MR) is 74.1 cm³/mol. The molecule has 100 valence electrons. The van der Waals surface area contributed by atoms with Crippen molar-refractivity contribution in [1.29, 1.82) is 0 Å². The highest BCUT2D eigenvalue weighted by atomic mass is 16.2. The molecular formula is C14H18N4O. The molecule has 0 bridgehead atoms. The molecule has 5 nitrogen and oxygen atoms in total. The fourth-order valence-electron chi connectivity index (χ4n) is 2.54. The Labute approximate surface area is 112 Å². The van der Waals surface area contributed by atoms with E-state index in [2.05, 4.69) is 29.1 Å². The molecule has 0 spiro atoms. The molecule has 5 heteroatoms. The Morgan fingerprint density at radius 3 is 3.11 bits per heavy atom. The summed E-state index contributed by atoms with van der Waals surface area (Å²) in [6.07, 6.45) is 1.65. The largest absolute Gasteiger partial charge is 0.345 e. The van der Waals surface area contributed by atoms with Crippen LogP contribution in [0.2, 0.25) is 0 Å². The standard InChI is InChI=1S/C14H18N4O/c1-9-7-18(10(2)6-15-9)14(19)11-3-4-12-13(5-11)17-8-16-12/h3-5,8-10,15H,6-7H2,1-2H3,(H,16,17). The third-order valence-electron chi connectivity index (χ3n) is 3.69. The van der Waals surface area contributed by atoms with Gasteiger partial charge in [0, 0.05) is 30.7 Å². The summed E-state index contributed by atoms with van der Waals surface area (Å²) in [5.74, 6) is 0.0948. The minimum Gasteiger partial charge on any atom is -0.345 e. The van der Waals surface area contributed by atoms with Gasteiger partial charge in [-0.3, -0.25) is 4.79 Å². The van der Waals surface area contributed by atoms with Crippen LogP contribution in [0, 0.1) is 0 Å². The van der Waals surface area contributed by atoms with Gasteiger partial charge in [-0.25, -0.2) is 4.98 Å². The van der Waals surface area contributed by atoms with Crippen LogP contribution < -0.4 is 5.32 Å². The number of hydrogen-bond donors (Lipinski definition) is 2. The lowest BCUT2D eigenvalue weighted by atomic mass is 10.1. The van der Waals surface area contributed by atoms with E-state index in [1.807, 2.05) is 23.1 Å². The first-order valence-electron chi connectivity index (χ1n) is 6.62. The maximum absolute atomic E-state index is 12.6. The highest BCUT2D eigenvalue weighted by Gasteiger charge is 2.27. The van der Waals surface area contributed by atoms with Crippen molar-refractivity contribution in [1.82, 2.24) is 20.2 Å². The average molecular weight is 258 g/mol. The van der Waals surface area contributed by atoms with E-state index in [1.54, 1.807) is 6.33 Å². The zero-order valence-corrected chi connectivity index (χ0v) is 11.2. The molecule has 19 heavy (non-hydrogen) atoms. The molecule has 1 amide bonds. The number of rotatable bonds is 1. The Balaban J connectivity index is 1.89. The number of carbonyl (C=O) groups is 1. The minimum absolute atomic E-state index is 0.0948. The van der Waals surface area contributed by atoms with Gasteiger partial charge in [0.05, 0.1) is 17.4 Å². The quantitative estimate of drug-likeness (QED) is 0.812. The van der Waals surface area contributed by atoms with Gasteiger partial charge < -0.3 is 15.2 Å². The number of nitrogens with zero attached hydrogens (tertiary/aromatic N) is 2. The molecule has 1 aromatic carbocycles. The summed E-state index contributed by atoms with van der Waals surface area (Å²) >= 11 is 0. The molecule has 1 fully saturated rings. The fourth-order valence-corrected chi connectivity index (χ4v) is 2.54. The van der Waals surface area contributed by atoms with Crippen molar-refractivity contribution in [3.8, 4) is 0 Å². The first-order chi connectivity index (χ1) is 9.15. The molecule has 3 rings (SSSR count). The molecule has 0 saturated carbocycles. The Morgan fingerprint density at radius 2 is 2.26 bits per heavy atom. The van der Waals surface area contributed by atoms with Gasteiger partial charge in [-0.05, 0) is 32.0 Å². The molecule has 2 heterocycles. The van der Waals surface area contributed by atoms with Gasteiger partial charge in [-0.2, -0.15) is 0 Å². The molecule has 2 unspecified atom stereocenters. The van der Waals surface area contributed by atoms with Gasteiger partial charge in [-0.1, -0.05) is 0 Å². The van der Waals surface area contributed by atoms with Crippen LogP contribution in [-0.4, -0.2) is 45.9 Å². The van der Waals surface area contributed by atoms with Crippen LogP contribution in [0.5, 0.6) is 0 Å². The summed E-state index contributed by atoms with van der Waals surface area (Å²) in [5.41, 5.74) is 2.51. The van der Waals surface area contributed by atoms with Crippen LogP contribution >= 0.6 is 0 Å². The van der Waals surface area contributed by atoms with Crippen molar-refractivity contribution in [2.45, 2.75) is 25.9 Å². The summed E-state index contributed by atoms with van der Waals surface area (Å²) in [5, 5.41) is 3.38. The number of amides is 1. The van der Waals surface area contributed by atoms with Gasteiger partial charge in [0.1, 0.15) is 0 Å². The van der Waals surface area contributed by atoms with Crippen molar-refractivity contribution in [3.05, 3.63) is 30.1 Å². The summed E-state index contributed by atoms with van der Waals surface area (Å²) in [6.45, 7) is 5.77. The zero-order valence-electron chi connectivity index (χ0n) is 11.2. The van der Waals surface area contributed by atoms with E-state index in [0.717, 1.165) is 29.7 Å². The van der Waals surface area contributed by atoms with Crippen molar-refractivity contribution in [2.75, 3.05) is 13.1 Å². The number of aromatic amines is 1. The lowest BCUT2D eigenvalue weighted by Gasteiger charge is -2.37. The number of hydrogen-bond acceptors (Lipinski definition) is 3. The first-order valence-corrected chi connectivity index (χ1v) is 6.62. The molecule has 1 saturated heterocycles. The fraction of sp³-hybridized carbons (Fsp3) is 0.429. The van der Waals surface area contributed by atoms with E-state index in [0.29, 0.717) is 6.04 Å². The second-order valence-corrected chi connectivity index (χ2v) is 5.25. The Kier molecular flexibility index (Phi) is 2.98. The van der Waals surface area contributed by atoms with E-state index in [1.165, 1.54) is 0 Å². The number of aromatic nitrogens is 2. The van der Waals surface area contributed by atoms with Crippen molar-refractivity contribution >= 4 is 16.9 Å². The molecule has 0 aliphatic carbocycles. The smallest absolute Gasteiger partial charge is 0.254 e. The molecular weight excluding hydrogens is 240 g/mol. The van der Waals surface area contributed by atoms with Gasteiger partial charge >= 0.3 is 0 Å². The number of benzene rings is 1. The lowest BCUT2D eigenvalue weighted by molar-refractivity contribution is 0.0616. The Hall–Kier alpha value is -1.88. The molecule has 2 N–H and O–H groups in total. The SMILES string of the molecule is CC1CN(C(=O)c2ccc3nc[nH]c3c2)C(C)CN1. The van der Waals surface area contributed by atoms with E-state index >= 15 is 0 Å². The van der Waals surface area contributed by atoms with Gasteiger partial charge in [0.25, 0.3) is 5.91 Å². The molecule has 1 aliphatic rings. The maximum atomic E-state index is 12.6. The van der Waals surface area contributed by atoms with Gasteiger partial charge in [0.2, 0.25) is 0 Å². The second kappa shape index (κ2) is 4.66. The molecule has 1 aromatic heterocycles. The normalized spacial score (nSPS) is 23.8. The number of fused-ring (bicyclic) bond motifs is 1. The number of imidazole rings is 1. The van der Waals surface area contributed by atoms with Crippen LogP contribution in [0.4, 0.5) is 0 Å². The Bertz CT molecular complexity index is 606. The summed E-state index contributed by atoms with van der Waals surface area (Å²) < 4.78 is 0. The van der Waals surface area contributed by atoms with Crippen LogP contribution in [0.15, 0.2) is 24.5 Å². The summed E-state index contributed by atoms with van der Waals surface area (Å²) in [6, 6.07) is 6.18. The van der Waals surface area contributed by atoms with E-state index in [-0.39, 0.29) is 11.9 Å². The number of piperazine rings is 1. The van der Waals surface area contributed by atoms with Crippen LogP contribution in [0.1, 0.15) is 24.2 Å². The van der Waals surface area contributed by atoms with Crippen molar-refractivity contribution in [2.24, 2.45) is 0 Å². The van der Waals surface area contributed by atoms with Crippen LogP contribution in [-0.2, 0) is 0 Å². The van der Waals surface area contributed by atoms with Crippen molar-refractivity contribution in [3.63, 3.8) is 0 Å². The zero-order chi connectivity index (χ0) is 13.4. The van der Waals surface area contributed by atoms with Crippen molar-refractivity contribution < 1.29 is 4.79 Å². The first kappa shape index (κ1) is 12.2. The number of carbonyl (C=O) groups excluding carboxylic acids is 1. The second-order valence-electron chi connectivity index (χ2n) is 5.25. The molecule has 2 atom stereocenters. The van der Waals surface area contributed by atoms with E-state index < -0.39 is 0 Å². The molecule has 2 aromatic rings. The highest BCUT2D eigenvalue weighted by molar-refractivity contribution is 5.97. The molecule has 0 radical (unpaired) electrons. The monoisotopic (exact) mass is 258 g/mol. The average Bonchev–Trinajstić information content (AvgIpc) is 2.88. The number of nitrogens with one attached hydrogen (secondary N) is 2. The number of H-pyrrole nitrogens is 1. The topological polar surface area (TPSA) is 61.0 Å². The van der Waals surface area contributed by atoms with Crippen LogP contribution in [0.3, 0.4) is 0 Å². The summed E-state index contributed by atoms with van der Waals surface area (Å²) in [4.78, 5) is 21.7. The maximum Gasteiger partial charge on any atom is 0.254 e. The van der Waals surface area contributed by atoms with Crippen LogP contribution in [0.25, 0.3) is 11.0 Å².